The van der Waals surface area contributed by atoms with Gasteiger partial charge in [0.2, 0.25) is 0 Å². The number of carboxylic acid groups (broad SMARTS) is 1. The van der Waals surface area contributed by atoms with E-state index in [1.54, 1.807) is 0 Å². The highest BCUT2D eigenvalue weighted by Crippen LogP contribution is 2.19. The number of hydrogen-bond donors (Lipinski definition) is 2. The van der Waals surface area contributed by atoms with Gasteiger partial charge in [0.05, 0.1) is 16.1 Å². The van der Waals surface area contributed by atoms with Gasteiger partial charge in [-0.1, -0.05) is 0 Å². The Morgan fingerprint density at radius 2 is 1.81 bits per heavy atom. The third kappa shape index (κ3) is 3.18. The second-order valence-electron chi connectivity index (χ2n) is 3.98. The van der Waals surface area contributed by atoms with Crippen LogP contribution in [0.25, 0.3) is 0 Å². The van der Waals surface area contributed by atoms with Crippen molar-refractivity contribution in [2.45, 2.75) is 0 Å². The number of anilines is 1. The maximum Gasteiger partial charge on any atom is 0.336 e. The molecule has 21 heavy (non-hydrogen) atoms. The van der Waals surface area contributed by atoms with E-state index in [1.807, 2.05) is 0 Å². The molecule has 8 heteroatoms. The van der Waals surface area contributed by atoms with E-state index in [2.05, 4.69) is 10.3 Å². The van der Waals surface area contributed by atoms with Crippen LogP contribution in [0.15, 0.2) is 42.7 Å². The molecule has 0 fully saturated rings. The Balaban J connectivity index is 2.40. The molecule has 1 heterocycles. The Bertz CT molecular complexity index is 715. The standard InChI is InChI=1S/C13H9N3O5/c17-12(15-8-3-5-14-6-4-8)11-7-9(16(20)21)1-2-10(11)13(18)19/h1-7H,(H,18,19)(H,14,15,17). The van der Waals surface area contributed by atoms with Gasteiger partial charge < -0.3 is 10.4 Å². The minimum atomic E-state index is -1.34. The molecule has 2 N–H and O–H groups in total. The number of rotatable bonds is 4. The Morgan fingerprint density at radius 3 is 2.38 bits per heavy atom. The van der Waals surface area contributed by atoms with Crippen LogP contribution in [0.3, 0.4) is 0 Å². The first-order valence-electron chi connectivity index (χ1n) is 5.72. The first-order valence-corrected chi connectivity index (χ1v) is 5.72. The molecule has 8 nitrogen and oxygen atoms in total. The largest absolute Gasteiger partial charge is 0.478 e. The predicted molar refractivity (Wildman–Crippen MR) is 72.2 cm³/mol. The van der Waals surface area contributed by atoms with E-state index in [0.29, 0.717) is 5.69 Å². The lowest BCUT2D eigenvalue weighted by atomic mass is 10.1. The van der Waals surface area contributed by atoms with E-state index in [-0.39, 0.29) is 16.8 Å². The lowest BCUT2D eigenvalue weighted by molar-refractivity contribution is -0.384. The van der Waals surface area contributed by atoms with Crippen LogP contribution in [-0.4, -0.2) is 26.9 Å². The number of carboxylic acids is 1. The van der Waals surface area contributed by atoms with E-state index in [1.165, 1.54) is 24.5 Å². The summed E-state index contributed by atoms with van der Waals surface area (Å²) >= 11 is 0. The first kappa shape index (κ1) is 14.1. The summed E-state index contributed by atoms with van der Waals surface area (Å²) in [5.41, 5.74) is -0.557. The van der Waals surface area contributed by atoms with Gasteiger partial charge in [-0.15, -0.1) is 0 Å². The second kappa shape index (κ2) is 5.78. The summed E-state index contributed by atoms with van der Waals surface area (Å²) in [5, 5.41) is 22.2. The normalized spacial score (nSPS) is 9.90. The second-order valence-corrected chi connectivity index (χ2v) is 3.98. The number of carbonyl (C=O) groups is 2. The number of aromatic nitrogens is 1. The summed E-state index contributed by atoms with van der Waals surface area (Å²) in [7, 11) is 0. The van der Waals surface area contributed by atoms with Gasteiger partial charge in [0.1, 0.15) is 0 Å². The molecule has 2 aromatic rings. The summed E-state index contributed by atoms with van der Waals surface area (Å²) in [5.74, 6) is -2.09. The number of nitrogens with zero attached hydrogens (tertiary/aromatic N) is 2. The van der Waals surface area contributed by atoms with Crippen molar-refractivity contribution in [3.63, 3.8) is 0 Å². The quantitative estimate of drug-likeness (QED) is 0.654. The van der Waals surface area contributed by atoms with Crippen molar-refractivity contribution < 1.29 is 19.6 Å². The summed E-state index contributed by atoms with van der Waals surface area (Å²) in [6.07, 6.45) is 2.89. The SMILES string of the molecule is O=C(O)c1ccc([N+](=O)[O-])cc1C(=O)Nc1ccncc1. The minimum absolute atomic E-state index is 0.284. The number of nitrogens with one attached hydrogen (secondary N) is 1. The van der Waals surface area contributed by atoms with Gasteiger partial charge in [-0.25, -0.2) is 4.79 Å². The van der Waals surface area contributed by atoms with Gasteiger partial charge in [0, 0.05) is 30.2 Å². The highest BCUT2D eigenvalue weighted by atomic mass is 16.6. The van der Waals surface area contributed by atoms with Crippen LogP contribution in [0.2, 0.25) is 0 Å². The van der Waals surface area contributed by atoms with E-state index in [4.69, 9.17) is 5.11 Å². The number of non-ortho nitro benzene ring substituents is 1. The van der Waals surface area contributed by atoms with Crippen LogP contribution in [0.1, 0.15) is 20.7 Å². The molecule has 1 aromatic carbocycles. The Labute approximate surface area is 118 Å². The van der Waals surface area contributed by atoms with Gasteiger partial charge in [-0.3, -0.25) is 19.9 Å². The molecule has 0 aliphatic rings. The first-order chi connectivity index (χ1) is 9.99. The number of nitro groups is 1. The highest BCUT2D eigenvalue weighted by molar-refractivity contribution is 6.11. The van der Waals surface area contributed by atoms with Crippen molar-refractivity contribution in [3.8, 4) is 0 Å². The van der Waals surface area contributed by atoms with E-state index in [9.17, 15) is 19.7 Å². The Kier molecular flexibility index (Phi) is 3.89. The topological polar surface area (TPSA) is 122 Å². The molecule has 0 bridgehead atoms. The van der Waals surface area contributed by atoms with Gasteiger partial charge >= 0.3 is 5.97 Å². The van der Waals surface area contributed by atoms with Crippen LogP contribution in [-0.2, 0) is 0 Å². The number of nitro benzene ring substituents is 1. The van der Waals surface area contributed by atoms with Crippen LogP contribution < -0.4 is 5.32 Å². The molecule has 0 saturated carbocycles. The fourth-order valence-corrected chi connectivity index (χ4v) is 1.65. The van der Waals surface area contributed by atoms with Gasteiger partial charge in [0.25, 0.3) is 11.6 Å². The average molecular weight is 287 g/mol. The zero-order valence-corrected chi connectivity index (χ0v) is 10.5. The smallest absolute Gasteiger partial charge is 0.336 e. The average Bonchev–Trinajstić information content (AvgIpc) is 2.47. The molecule has 0 aliphatic carbocycles. The lowest BCUT2D eigenvalue weighted by Gasteiger charge is -2.07. The molecule has 0 radical (unpaired) electrons. The number of aromatic carboxylic acids is 1. The Morgan fingerprint density at radius 1 is 1.14 bits per heavy atom. The molecule has 0 unspecified atom stereocenters. The third-order valence-corrected chi connectivity index (χ3v) is 2.63. The van der Waals surface area contributed by atoms with Gasteiger partial charge in [0.15, 0.2) is 0 Å². The van der Waals surface area contributed by atoms with E-state index < -0.39 is 16.8 Å². The zero-order chi connectivity index (χ0) is 15.4. The summed E-state index contributed by atoms with van der Waals surface area (Å²) in [4.78, 5) is 37.0. The molecule has 1 aromatic heterocycles. The zero-order valence-electron chi connectivity index (χ0n) is 10.5. The fraction of sp³-hybridized carbons (Fsp3) is 0. The molecule has 0 aliphatic heterocycles. The van der Waals surface area contributed by atoms with Crippen molar-refractivity contribution in [3.05, 3.63) is 64.0 Å². The summed E-state index contributed by atoms with van der Waals surface area (Å²) < 4.78 is 0. The monoisotopic (exact) mass is 287 g/mol. The van der Waals surface area contributed by atoms with Crippen molar-refractivity contribution in [2.24, 2.45) is 0 Å². The van der Waals surface area contributed by atoms with Crippen molar-refractivity contribution in [1.82, 2.24) is 4.98 Å². The number of amides is 1. The van der Waals surface area contributed by atoms with Crippen LogP contribution >= 0.6 is 0 Å². The van der Waals surface area contributed by atoms with Gasteiger partial charge in [-0.05, 0) is 18.2 Å². The van der Waals surface area contributed by atoms with E-state index >= 15 is 0 Å². The highest BCUT2D eigenvalue weighted by Gasteiger charge is 2.20. The molecule has 2 rings (SSSR count). The molecule has 0 saturated heterocycles. The molecule has 1 amide bonds. The number of benzene rings is 1. The molecule has 106 valence electrons. The van der Waals surface area contributed by atoms with E-state index in [0.717, 1.165) is 18.2 Å². The maximum atomic E-state index is 12.1. The summed E-state index contributed by atoms with van der Waals surface area (Å²) in [6, 6.07) is 6.01. The van der Waals surface area contributed by atoms with Crippen molar-refractivity contribution >= 4 is 23.3 Å². The molecular formula is C13H9N3O5. The number of hydrogen-bond acceptors (Lipinski definition) is 5. The third-order valence-electron chi connectivity index (χ3n) is 2.63. The Hall–Kier alpha value is -3.29. The predicted octanol–water partition coefficient (Wildman–Crippen LogP) is 1.94. The number of pyridine rings is 1. The summed E-state index contributed by atoms with van der Waals surface area (Å²) in [6.45, 7) is 0. The van der Waals surface area contributed by atoms with Crippen LogP contribution in [0, 0.1) is 10.1 Å². The minimum Gasteiger partial charge on any atom is -0.478 e. The van der Waals surface area contributed by atoms with Crippen LogP contribution in [0.5, 0.6) is 0 Å². The molecule has 0 spiro atoms. The fourth-order valence-electron chi connectivity index (χ4n) is 1.65. The maximum absolute atomic E-state index is 12.1. The lowest BCUT2D eigenvalue weighted by Crippen LogP contribution is -2.16. The van der Waals surface area contributed by atoms with Crippen molar-refractivity contribution in [2.75, 3.05) is 5.32 Å². The molecular weight excluding hydrogens is 278 g/mol. The molecule has 0 atom stereocenters. The van der Waals surface area contributed by atoms with Gasteiger partial charge in [-0.2, -0.15) is 0 Å². The number of carbonyl (C=O) groups excluding carboxylic acids is 1. The van der Waals surface area contributed by atoms with Crippen molar-refractivity contribution in [1.29, 1.82) is 0 Å². The van der Waals surface area contributed by atoms with Crippen LogP contribution in [0.4, 0.5) is 11.4 Å².